The first-order valence-electron chi connectivity index (χ1n) is 5.79. The number of nitrogens with one attached hydrogen (secondary N) is 1. The topological polar surface area (TPSA) is 70.0 Å². The summed E-state index contributed by atoms with van der Waals surface area (Å²) in [6, 6.07) is 4.29. The molecule has 1 aromatic rings. The van der Waals surface area contributed by atoms with E-state index in [0.717, 1.165) is 12.1 Å². The lowest BCUT2D eigenvalue weighted by molar-refractivity contribution is -0.137. The van der Waals surface area contributed by atoms with Crippen molar-refractivity contribution in [3.05, 3.63) is 29.3 Å². The molecule has 1 unspecified atom stereocenters. The zero-order valence-corrected chi connectivity index (χ0v) is 11.1. The van der Waals surface area contributed by atoms with Crippen molar-refractivity contribution in [2.24, 2.45) is 0 Å². The van der Waals surface area contributed by atoms with Gasteiger partial charge in [0, 0.05) is 11.7 Å². The number of hydrogen-bond acceptors (Lipinski definition) is 4. The number of nitrogens with zero attached hydrogens (tertiary/aromatic N) is 1. The van der Waals surface area contributed by atoms with Crippen LogP contribution in [0.4, 0.5) is 18.9 Å². The van der Waals surface area contributed by atoms with Gasteiger partial charge in [-0.15, -0.1) is 0 Å². The summed E-state index contributed by atoms with van der Waals surface area (Å²) in [6.45, 7) is 0. The van der Waals surface area contributed by atoms with Gasteiger partial charge < -0.3 is 5.32 Å². The van der Waals surface area contributed by atoms with Crippen molar-refractivity contribution in [2.45, 2.75) is 18.6 Å². The van der Waals surface area contributed by atoms with Gasteiger partial charge in [-0.05, 0) is 24.6 Å². The summed E-state index contributed by atoms with van der Waals surface area (Å²) in [4.78, 5) is 0. The summed E-state index contributed by atoms with van der Waals surface area (Å²) in [5.41, 5.74) is -1.16. The van der Waals surface area contributed by atoms with Gasteiger partial charge in [0.2, 0.25) is 0 Å². The first-order chi connectivity index (χ1) is 9.21. The molecule has 1 atom stereocenters. The molecule has 4 nitrogen and oxygen atoms in total. The van der Waals surface area contributed by atoms with Crippen molar-refractivity contribution in [3.63, 3.8) is 0 Å². The van der Waals surface area contributed by atoms with Crippen LogP contribution >= 0.6 is 0 Å². The molecule has 0 amide bonds. The molecule has 1 aliphatic rings. The molecule has 1 aromatic carbocycles. The fourth-order valence-electron chi connectivity index (χ4n) is 2.12. The van der Waals surface area contributed by atoms with E-state index in [2.05, 4.69) is 5.32 Å². The summed E-state index contributed by atoms with van der Waals surface area (Å²) < 4.78 is 60.5. The lowest BCUT2D eigenvalue weighted by atomic mass is 10.1. The quantitative estimate of drug-likeness (QED) is 0.909. The highest BCUT2D eigenvalue weighted by molar-refractivity contribution is 7.91. The molecule has 0 spiro atoms. The number of nitriles is 1. The van der Waals surface area contributed by atoms with Gasteiger partial charge in [0.15, 0.2) is 9.84 Å². The van der Waals surface area contributed by atoms with Crippen LogP contribution in [0.2, 0.25) is 0 Å². The van der Waals surface area contributed by atoms with Gasteiger partial charge in [0.1, 0.15) is 0 Å². The van der Waals surface area contributed by atoms with E-state index in [4.69, 9.17) is 5.26 Å². The highest BCUT2D eigenvalue weighted by Gasteiger charge is 2.34. The van der Waals surface area contributed by atoms with E-state index in [1.54, 1.807) is 0 Å². The van der Waals surface area contributed by atoms with E-state index in [0.29, 0.717) is 12.1 Å². The third-order valence-electron chi connectivity index (χ3n) is 3.05. The number of benzene rings is 1. The minimum Gasteiger partial charge on any atom is -0.381 e. The Kier molecular flexibility index (Phi) is 3.65. The Morgan fingerprint density at radius 3 is 2.55 bits per heavy atom. The van der Waals surface area contributed by atoms with E-state index >= 15 is 0 Å². The minimum atomic E-state index is -4.58. The van der Waals surface area contributed by atoms with Crippen molar-refractivity contribution in [1.82, 2.24) is 0 Å². The summed E-state index contributed by atoms with van der Waals surface area (Å²) in [5, 5.41) is 11.6. The van der Waals surface area contributed by atoms with Gasteiger partial charge >= 0.3 is 6.18 Å². The molecule has 1 N–H and O–H groups in total. The minimum absolute atomic E-state index is 0.0457. The molecule has 0 aromatic heterocycles. The third-order valence-corrected chi connectivity index (χ3v) is 4.82. The van der Waals surface area contributed by atoms with Crippen LogP contribution in [0.1, 0.15) is 17.5 Å². The zero-order valence-electron chi connectivity index (χ0n) is 10.2. The molecule has 1 saturated heterocycles. The molecule has 0 saturated carbocycles. The molecule has 0 bridgehead atoms. The molecular formula is C12H11F3N2O2S. The number of hydrogen-bond donors (Lipinski definition) is 1. The number of halogens is 3. The second-order valence-electron chi connectivity index (χ2n) is 4.61. The molecule has 1 fully saturated rings. The Morgan fingerprint density at radius 2 is 2.05 bits per heavy atom. The number of alkyl halides is 3. The molecule has 0 aliphatic carbocycles. The smallest absolute Gasteiger partial charge is 0.381 e. The third kappa shape index (κ3) is 3.22. The van der Waals surface area contributed by atoms with Gasteiger partial charge in [0.05, 0.1) is 28.7 Å². The van der Waals surface area contributed by atoms with Gasteiger partial charge in [-0.2, -0.15) is 18.4 Å². The lowest BCUT2D eigenvalue weighted by Gasteiger charge is -2.14. The summed E-state index contributed by atoms with van der Waals surface area (Å²) in [7, 11) is -3.07. The van der Waals surface area contributed by atoms with Crippen LogP contribution in [0.15, 0.2) is 18.2 Å². The Labute approximate surface area is 114 Å². The predicted octanol–water partition coefficient (Wildman–Crippen LogP) is 2.18. The van der Waals surface area contributed by atoms with Crippen molar-refractivity contribution in [3.8, 4) is 6.07 Å². The van der Waals surface area contributed by atoms with Gasteiger partial charge in [-0.25, -0.2) is 8.42 Å². The lowest BCUT2D eigenvalue weighted by Crippen LogP contribution is -2.20. The van der Waals surface area contributed by atoms with Crippen molar-refractivity contribution in [1.29, 1.82) is 5.26 Å². The maximum atomic E-state index is 12.6. The van der Waals surface area contributed by atoms with E-state index in [1.807, 2.05) is 0 Å². The Hall–Kier alpha value is -1.75. The Balaban J connectivity index is 2.21. The second-order valence-corrected chi connectivity index (χ2v) is 6.84. The van der Waals surface area contributed by atoms with E-state index in [9.17, 15) is 21.6 Å². The summed E-state index contributed by atoms with van der Waals surface area (Å²) >= 11 is 0. The second kappa shape index (κ2) is 4.98. The van der Waals surface area contributed by atoms with Gasteiger partial charge in [-0.1, -0.05) is 0 Å². The van der Waals surface area contributed by atoms with E-state index < -0.39 is 27.1 Å². The van der Waals surface area contributed by atoms with Gasteiger partial charge in [-0.3, -0.25) is 0 Å². The van der Waals surface area contributed by atoms with Crippen molar-refractivity contribution in [2.75, 3.05) is 16.8 Å². The average Bonchev–Trinajstić information content (AvgIpc) is 2.67. The molecule has 20 heavy (non-hydrogen) atoms. The van der Waals surface area contributed by atoms with Crippen LogP contribution in [0.25, 0.3) is 0 Å². The highest BCUT2D eigenvalue weighted by Crippen LogP contribution is 2.33. The van der Waals surface area contributed by atoms with Crippen LogP contribution in [0.3, 0.4) is 0 Å². The molecule has 108 valence electrons. The summed E-state index contributed by atoms with van der Waals surface area (Å²) in [6.07, 6.45) is -4.18. The standard InChI is InChI=1S/C12H11F3N2O2S/c13-12(14,15)11-2-1-9(5-8(11)6-16)17-10-3-4-20(18,19)7-10/h1-2,5,10,17H,3-4,7H2. The maximum Gasteiger partial charge on any atom is 0.417 e. The first-order valence-corrected chi connectivity index (χ1v) is 7.62. The fraction of sp³-hybridized carbons (Fsp3) is 0.417. The van der Waals surface area contributed by atoms with Crippen LogP contribution in [-0.2, 0) is 16.0 Å². The number of sulfone groups is 1. The molecule has 1 heterocycles. The number of anilines is 1. The normalized spacial score (nSPS) is 21.4. The Morgan fingerprint density at radius 1 is 1.35 bits per heavy atom. The molecular weight excluding hydrogens is 293 g/mol. The van der Waals surface area contributed by atoms with Crippen molar-refractivity contribution < 1.29 is 21.6 Å². The Bertz CT molecular complexity index is 662. The van der Waals surface area contributed by atoms with Gasteiger partial charge in [0.25, 0.3) is 0 Å². The first kappa shape index (κ1) is 14.7. The van der Waals surface area contributed by atoms with E-state index in [1.165, 1.54) is 12.1 Å². The van der Waals surface area contributed by atoms with Crippen LogP contribution in [0.5, 0.6) is 0 Å². The SMILES string of the molecule is N#Cc1cc(NC2CCS(=O)(=O)C2)ccc1C(F)(F)F. The molecule has 0 radical (unpaired) electrons. The monoisotopic (exact) mass is 304 g/mol. The predicted molar refractivity (Wildman–Crippen MR) is 66.8 cm³/mol. The van der Waals surface area contributed by atoms with Crippen LogP contribution in [-0.4, -0.2) is 26.0 Å². The highest BCUT2D eigenvalue weighted by atomic mass is 32.2. The van der Waals surface area contributed by atoms with Crippen molar-refractivity contribution >= 4 is 15.5 Å². The maximum absolute atomic E-state index is 12.6. The van der Waals surface area contributed by atoms with Crippen LogP contribution < -0.4 is 5.32 Å². The number of rotatable bonds is 2. The average molecular weight is 304 g/mol. The zero-order chi connectivity index (χ0) is 15.0. The fourth-order valence-corrected chi connectivity index (χ4v) is 3.79. The summed E-state index contributed by atoms with van der Waals surface area (Å²) in [5.74, 6) is 0.0202. The molecule has 8 heteroatoms. The van der Waals surface area contributed by atoms with E-state index in [-0.39, 0.29) is 17.5 Å². The van der Waals surface area contributed by atoms with Crippen LogP contribution in [0, 0.1) is 11.3 Å². The molecule has 2 rings (SSSR count). The largest absolute Gasteiger partial charge is 0.417 e. The molecule has 1 aliphatic heterocycles.